The van der Waals surface area contributed by atoms with Gasteiger partial charge < -0.3 is 4.74 Å². The van der Waals surface area contributed by atoms with E-state index in [2.05, 4.69) is 15.9 Å². The molecule has 1 saturated carbocycles. The summed E-state index contributed by atoms with van der Waals surface area (Å²) in [5.74, 6) is -0.686. The maximum Gasteiger partial charge on any atom is 0.328 e. The van der Waals surface area contributed by atoms with Crippen molar-refractivity contribution in [3.8, 4) is 0 Å². The minimum atomic E-state index is -0.781. The molecular formula is C20H26BrNO4S. The Morgan fingerprint density at radius 2 is 1.89 bits per heavy atom. The van der Waals surface area contributed by atoms with Crippen LogP contribution < -0.4 is 4.90 Å². The van der Waals surface area contributed by atoms with Gasteiger partial charge in [0.05, 0.1) is 18.6 Å². The number of nitrogens with zero attached hydrogens (tertiary/aromatic N) is 1. The van der Waals surface area contributed by atoms with Crippen LogP contribution in [-0.2, 0) is 19.1 Å². The molecule has 0 spiro atoms. The van der Waals surface area contributed by atoms with Crippen molar-refractivity contribution in [2.75, 3.05) is 17.8 Å². The minimum Gasteiger partial charge on any atom is -0.467 e. The molecule has 7 heteroatoms. The van der Waals surface area contributed by atoms with Crippen LogP contribution >= 0.6 is 27.7 Å². The zero-order valence-corrected chi connectivity index (χ0v) is 18.6. The molecule has 1 atom stereocenters. The van der Waals surface area contributed by atoms with E-state index >= 15 is 0 Å². The van der Waals surface area contributed by atoms with Gasteiger partial charge in [0, 0.05) is 10.4 Å². The lowest BCUT2D eigenvalue weighted by Gasteiger charge is -2.30. The third-order valence-corrected chi connectivity index (χ3v) is 6.90. The molecule has 1 aromatic carbocycles. The summed E-state index contributed by atoms with van der Waals surface area (Å²) in [7, 11) is 1.31. The third kappa shape index (κ3) is 5.13. The first-order valence-electron chi connectivity index (χ1n) is 9.10. The van der Waals surface area contributed by atoms with Crippen molar-refractivity contribution >= 4 is 50.4 Å². The number of anilines is 1. The van der Waals surface area contributed by atoms with Crippen LogP contribution in [0, 0.1) is 19.8 Å². The van der Waals surface area contributed by atoms with Gasteiger partial charge in [-0.05, 0) is 50.8 Å². The Labute approximate surface area is 173 Å². The van der Waals surface area contributed by atoms with E-state index in [0.29, 0.717) is 5.69 Å². The lowest BCUT2D eigenvalue weighted by atomic mass is 10.1. The predicted octanol–water partition coefficient (Wildman–Crippen LogP) is 4.41. The highest BCUT2D eigenvalue weighted by atomic mass is 79.9. The topological polar surface area (TPSA) is 63.7 Å². The maximum atomic E-state index is 13.1. The molecule has 1 aliphatic carbocycles. The van der Waals surface area contributed by atoms with Gasteiger partial charge in [-0.3, -0.25) is 14.5 Å². The van der Waals surface area contributed by atoms with Crippen molar-refractivity contribution < 1.29 is 19.1 Å². The largest absolute Gasteiger partial charge is 0.467 e. The van der Waals surface area contributed by atoms with E-state index in [9.17, 15) is 14.4 Å². The monoisotopic (exact) mass is 455 g/mol. The molecule has 0 aliphatic heterocycles. The fourth-order valence-electron chi connectivity index (χ4n) is 3.47. The molecule has 0 radical (unpaired) electrons. The van der Waals surface area contributed by atoms with Crippen LogP contribution in [-0.4, -0.2) is 35.9 Å². The number of amides is 1. The summed E-state index contributed by atoms with van der Waals surface area (Å²) >= 11 is 4.56. The molecule has 0 heterocycles. The lowest BCUT2D eigenvalue weighted by Crippen LogP contribution is -2.46. The number of carbonyl (C=O) groups excluding carboxylic acids is 3. The second-order valence-electron chi connectivity index (χ2n) is 6.89. The molecule has 1 unspecified atom stereocenters. The average Bonchev–Trinajstić information content (AvgIpc) is 3.19. The highest BCUT2D eigenvalue weighted by Crippen LogP contribution is 2.34. The van der Waals surface area contributed by atoms with Crippen LogP contribution in [0.1, 0.15) is 43.7 Å². The first-order chi connectivity index (χ1) is 12.8. The number of benzene rings is 1. The van der Waals surface area contributed by atoms with Crippen LogP contribution in [0.4, 0.5) is 5.69 Å². The number of carbonyl (C=O) groups is 3. The number of rotatable bonds is 6. The lowest BCUT2D eigenvalue weighted by molar-refractivity contribution is -0.142. The molecule has 0 bridgehead atoms. The van der Waals surface area contributed by atoms with E-state index in [4.69, 9.17) is 4.74 Å². The number of methoxy groups -OCH3 is 1. The number of aryl methyl sites for hydroxylation is 1. The Morgan fingerprint density at radius 3 is 2.48 bits per heavy atom. The van der Waals surface area contributed by atoms with Gasteiger partial charge in [0.15, 0.2) is 5.12 Å². The second-order valence-corrected chi connectivity index (χ2v) is 8.72. The SMILES string of the molecule is COC(=O)C(C)N(C(=O)CSC(=O)C1CCCC1)c1c(C)ccc(Br)c1C. The van der Waals surface area contributed by atoms with Gasteiger partial charge in [-0.25, -0.2) is 4.79 Å². The van der Waals surface area contributed by atoms with E-state index in [1.54, 1.807) is 6.92 Å². The van der Waals surface area contributed by atoms with Crippen molar-refractivity contribution in [3.63, 3.8) is 0 Å². The molecule has 0 N–H and O–H groups in total. The number of ether oxygens (including phenoxy) is 1. The van der Waals surface area contributed by atoms with Gasteiger partial charge in [0.1, 0.15) is 6.04 Å². The van der Waals surface area contributed by atoms with Crippen LogP contribution in [0.25, 0.3) is 0 Å². The molecule has 148 valence electrons. The van der Waals surface area contributed by atoms with E-state index in [1.165, 1.54) is 12.0 Å². The normalized spacial score (nSPS) is 15.4. The van der Waals surface area contributed by atoms with Crippen molar-refractivity contribution in [1.82, 2.24) is 0 Å². The summed E-state index contributed by atoms with van der Waals surface area (Å²) in [5, 5.41) is 0.0780. The summed E-state index contributed by atoms with van der Waals surface area (Å²) in [5.41, 5.74) is 2.43. The first-order valence-corrected chi connectivity index (χ1v) is 10.9. The van der Waals surface area contributed by atoms with E-state index in [-0.39, 0.29) is 22.7 Å². The zero-order chi connectivity index (χ0) is 20.1. The molecule has 2 rings (SSSR count). The van der Waals surface area contributed by atoms with Gasteiger partial charge in [0.25, 0.3) is 0 Å². The van der Waals surface area contributed by atoms with Crippen molar-refractivity contribution in [2.45, 2.75) is 52.5 Å². The Bertz CT molecular complexity index is 731. The number of halogens is 1. The van der Waals surface area contributed by atoms with E-state index in [0.717, 1.165) is 53.0 Å². The molecule has 0 aromatic heterocycles. The molecule has 27 heavy (non-hydrogen) atoms. The van der Waals surface area contributed by atoms with E-state index in [1.807, 2.05) is 26.0 Å². The van der Waals surface area contributed by atoms with Crippen molar-refractivity contribution in [3.05, 3.63) is 27.7 Å². The Hall–Kier alpha value is -1.34. The first kappa shape index (κ1) is 22.0. The highest BCUT2D eigenvalue weighted by Gasteiger charge is 2.32. The predicted molar refractivity (Wildman–Crippen MR) is 112 cm³/mol. The molecular weight excluding hydrogens is 430 g/mol. The van der Waals surface area contributed by atoms with Gasteiger partial charge >= 0.3 is 5.97 Å². The zero-order valence-electron chi connectivity index (χ0n) is 16.2. The minimum absolute atomic E-state index is 0.0159. The average molecular weight is 456 g/mol. The summed E-state index contributed by atoms with van der Waals surface area (Å²) in [6.07, 6.45) is 3.97. The fraction of sp³-hybridized carbons (Fsp3) is 0.550. The van der Waals surface area contributed by atoms with Crippen LogP contribution in [0.5, 0.6) is 0 Å². The standard InChI is InChI=1S/C20H26BrNO4S/c1-12-9-10-16(21)13(2)18(12)22(14(3)19(24)26-4)17(23)11-27-20(25)15-7-5-6-8-15/h9-10,14-15H,5-8,11H2,1-4H3. The molecule has 1 fully saturated rings. The van der Waals surface area contributed by atoms with Gasteiger partial charge in [0.2, 0.25) is 5.91 Å². The van der Waals surface area contributed by atoms with Crippen LogP contribution in [0.15, 0.2) is 16.6 Å². The van der Waals surface area contributed by atoms with Crippen LogP contribution in [0.2, 0.25) is 0 Å². The number of hydrogen-bond acceptors (Lipinski definition) is 5. The second kappa shape index (κ2) is 9.73. The van der Waals surface area contributed by atoms with Gasteiger partial charge in [-0.2, -0.15) is 0 Å². The van der Waals surface area contributed by atoms with Gasteiger partial charge in [-0.15, -0.1) is 0 Å². The molecule has 5 nitrogen and oxygen atoms in total. The Kier molecular flexibility index (Phi) is 7.91. The van der Waals surface area contributed by atoms with Crippen molar-refractivity contribution in [2.24, 2.45) is 5.92 Å². The smallest absolute Gasteiger partial charge is 0.328 e. The van der Waals surface area contributed by atoms with Gasteiger partial charge in [-0.1, -0.05) is 46.6 Å². The third-order valence-electron chi connectivity index (χ3n) is 5.03. The molecule has 1 amide bonds. The number of thioether (sulfide) groups is 1. The molecule has 1 aliphatic rings. The summed E-state index contributed by atoms with van der Waals surface area (Å²) < 4.78 is 5.72. The number of hydrogen-bond donors (Lipinski definition) is 0. The van der Waals surface area contributed by atoms with Crippen LogP contribution in [0.3, 0.4) is 0 Å². The summed E-state index contributed by atoms with van der Waals surface area (Å²) in [6.45, 7) is 5.44. The molecule has 0 saturated heterocycles. The number of esters is 1. The summed E-state index contributed by atoms with van der Waals surface area (Å²) in [4.78, 5) is 39.1. The quantitative estimate of drug-likeness (QED) is 0.594. The summed E-state index contributed by atoms with van der Waals surface area (Å²) in [6, 6.07) is 3.03. The fourth-order valence-corrected chi connectivity index (χ4v) is 4.67. The highest BCUT2D eigenvalue weighted by molar-refractivity contribution is 9.10. The van der Waals surface area contributed by atoms with E-state index < -0.39 is 12.0 Å². The van der Waals surface area contributed by atoms with Crippen molar-refractivity contribution in [1.29, 1.82) is 0 Å². The Balaban J connectivity index is 2.27. The molecule has 1 aromatic rings. The Morgan fingerprint density at radius 1 is 1.26 bits per heavy atom. The maximum absolute atomic E-state index is 13.1.